The van der Waals surface area contributed by atoms with Gasteiger partial charge in [0.1, 0.15) is 11.8 Å². The highest BCUT2D eigenvalue weighted by Crippen LogP contribution is 2.39. The molecule has 0 radical (unpaired) electrons. The summed E-state index contributed by atoms with van der Waals surface area (Å²) in [4.78, 5) is 30.2. The maximum absolute atomic E-state index is 13.0. The number of hydrogen-bond donors (Lipinski definition) is 2. The van der Waals surface area contributed by atoms with Crippen molar-refractivity contribution in [2.45, 2.75) is 6.04 Å². The molecule has 3 aromatic carbocycles. The Bertz CT molecular complexity index is 1610. The average Bonchev–Trinajstić information content (AvgIpc) is 3.35. The zero-order valence-electron chi connectivity index (χ0n) is 21.5. The minimum Gasteiger partial charge on any atom is -0.368 e. The topological polar surface area (TPSA) is 106 Å². The van der Waals surface area contributed by atoms with Crippen LogP contribution in [0.4, 0.5) is 17.1 Å². The molecule has 1 atom stereocenters. The van der Waals surface area contributed by atoms with E-state index in [2.05, 4.69) is 37.7 Å². The third kappa shape index (κ3) is 4.51. The number of anilines is 3. The van der Waals surface area contributed by atoms with Crippen LogP contribution in [0.15, 0.2) is 79.0 Å². The number of hydrogen-bond acceptors (Lipinski definition) is 6. The number of carbonyl (C=O) groups excluding carboxylic acids is 2. The normalized spacial score (nSPS) is 16.9. The summed E-state index contributed by atoms with van der Waals surface area (Å²) in [6.45, 7) is 2.95. The largest absolute Gasteiger partial charge is 0.368 e. The minimum atomic E-state index is -0.280. The molecule has 4 aromatic rings. The maximum atomic E-state index is 13.0. The molecule has 194 valence electrons. The van der Waals surface area contributed by atoms with Crippen LogP contribution in [0, 0.1) is 11.3 Å². The number of aromatic nitrogens is 2. The Balaban J connectivity index is 1.22. The number of nitrogens with one attached hydrogen (secondary N) is 2. The van der Waals surface area contributed by atoms with E-state index in [1.54, 1.807) is 25.4 Å². The van der Waals surface area contributed by atoms with Gasteiger partial charge >= 0.3 is 0 Å². The predicted molar refractivity (Wildman–Crippen MR) is 149 cm³/mol. The summed E-state index contributed by atoms with van der Waals surface area (Å²) in [5.41, 5.74) is 5.95. The summed E-state index contributed by atoms with van der Waals surface area (Å²) in [6.07, 6.45) is 1.57. The zero-order chi connectivity index (χ0) is 26.9. The van der Waals surface area contributed by atoms with Gasteiger partial charge in [0.2, 0.25) is 0 Å². The molecule has 2 aliphatic heterocycles. The highest BCUT2D eigenvalue weighted by Gasteiger charge is 2.33. The molecule has 9 heteroatoms. The van der Waals surface area contributed by atoms with Gasteiger partial charge in [-0.3, -0.25) is 19.2 Å². The Morgan fingerprint density at radius 2 is 1.74 bits per heavy atom. The molecule has 9 nitrogen and oxygen atoms in total. The molecular weight excluding hydrogens is 490 g/mol. The summed E-state index contributed by atoms with van der Waals surface area (Å²) >= 11 is 0. The Kier molecular flexibility index (Phi) is 6.31. The summed E-state index contributed by atoms with van der Waals surface area (Å²) in [5.74, 6) is -0.370. The lowest BCUT2D eigenvalue weighted by molar-refractivity contribution is 0.101. The highest BCUT2D eigenvalue weighted by atomic mass is 16.2. The SMILES string of the molecule is Cn1nccc1C(=O)Nc1ccc(N2CCN(C3c4ccccc4NC(=O)c4ccccc43)CC2)c(C#N)c1. The number of amides is 2. The first kappa shape index (κ1) is 24.4. The van der Waals surface area contributed by atoms with E-state index in [-0.39, 0.29) is 17.9 Å². The lowest BCUT2D eigenvalue weighted by Crippen LogP contribution is -2.48. The van der Waals surface area contributed by atoms with E-state index < -0.39 is 0 Å². The lowest BCUT2D eigenvalue weighted by Gasteiger charge is -2.41. The van der Waals surface area contributed by atoms with Crippen molar-refractivity contribution in [1.82, 2.24) is 14.7 Å². The smallest absolute Gasteiger partial charge is 0.273 e. The summed E-state index contributed by atoms with van der Waals surface area (Å²) < 4.78 is 1.51. The van der Waals surface area contributed by atoms with E-state index in [1.165, 1.54) is 4.68 Å². The molecule has 2 N–H and O–H groups in total. The molecule has 1 saturated heterocycles. The Morgan fingerprint density at radius 1 is 1.00 bits per heavy atom. The third-order valence-corrected chi connectivity index (χ3v) is 7.45. The van der Waals surface area contributed by atoms with Crippen molar-refractivity contribution in [2.24, 2.45) is 7.05 Å². The van der Waals surface area contributed by atoms with Gasteiger partial charge in [-0.15, -0.1) is 0 Å². The molecule has 0 spiro atoms. The maximum Gasteiger partial charge on any atom is 0.273 e. The van der Waals surface area contributed by atoms with E-state index >= 15 is 0 Å². The first-order valence-corrected chi connectivity index (χ1v) is 12.8. The van der Waals surface area contributed by atoms with Crippen LogP contribution in [0.3, 0.4) is 0 Å². The number of benzene rings is 3. The van der Waals surface area contributed by atoms with Gasteiger partial charge in [0.05, 0.1) is 17.3 Å². The fourth-order valence-electron chi connectivity index (χ4n) is 5.53. The van der Waals surface area contributed by atoms with Crippen LogP contribution in [0.25, 0.3) is 0 Å². The van der Waals surface area contributed by atoms with E-state index in [1.807, 2.05) is 54.6 Å². The fraction of sp³-hybridized carbons (Fsp3) is 0.200. The van der Waals surface area contributed by atoms with E-state index in [9.17, 15) is 14.9 Å². The molecule has 6 rings (SSSR count). The van der Waals surface area contributed by atoms with E-state index in [4.69, 9.17) is 0 Å². The fourth-order valence-corrected chi connectivity index (χ4v) is 5.53. The average molecular weight is 518 g/mol. The summed E-state index contributed by atoms with van der Waals surface area (Å²) in [5, 5.41) is 19.9. The van der Waals surface area contributed by atoms with Gasteiger partial charge in [0.15, 0.2) is 0 Å². The quantitative estimate of drug-likeness (QED) is 0.424. The van der Waals surface area contributed by atoms with Crippen LogP contribution >= 0.6 is 0 Å². The van der Waals surface area contributed by atoms with Crippen LogP contribution in [-0.2, 0) is 7.05 Å². The van der Waals surface area contributed by atoms with Gasteiger partial charge < -0.3 is 15.5 Å². The molecule has 0 aliphatic carbocycles. The number of rotatable bonds is 4. The molecule has 2 amide bonds. The highest BCUT2D eigenvalue weighted by molar-refractivity contribution is 6.07. The van der Waals surface area contributed by atoms with Crippen molar-refractivity contribution < 1.29 is 9.59 Å². The molecule has 39 heavy (non-hydrogen) atoms. The van der Waals surface area contributed by atoms with Crippen molar-refractivity contribution >= 4 is 28.9 Å². The van der Waals surface area contributed by atoms with Crippen LogP contribution in [0.1, 0.15) is 43.6 Å². The number of aryl methyl sites for hydroxylation is 1. The summed E-state index contributed by atoms with van der Waals surface area (Å²) in [6, 6.07) is 25.1. The molecule has 1 unspecified atom stereocenters. The van der Waals surface area contributed by atoms with Gasteiger partial charge in [-0.25, -0.2) is 0 Å². The van der Waals surface area contributed by atoms with Crippen molar-refractivity contribution in [1.29, 1.82) is 5.26 Å². The van der Waals surface area contributed by atoms with Crippen molar-refractivity contribution in [3.63, 3.8) is 0 Å². The van der Waals surface area contributed by atoms with E-state index in [0.717, 1.165) is 48.7 Å². The monoisotopic (exact) mass is 517 g/mol. The second-order valence-corrected chi connectivity index (χ2v) is 9.69. The Hall–Kier alpha value is -4.94. The summed E-state index contributed by atoms with van der Waals surface area (Å²) in [7, 11) is 1.71. The van der Waals surface area contributed by atoms with Gasteiger partial charge in [0.25, 0.3) is 11.8 Å². The van der Waals surface area contributed by atoms with Crippen molar-refractivity contribution in [3.8, 4) is 6.07 Å². The third-order valence-electron chi connectivity index (χ3n) is 7.45. The van der Waals surface area contributed by atoms with Crippen LogP contribution in [-0.4, -0.2) is 52.7 Å². The van der Waals surface area contributed by atoms with Crippen LogP contribution < -0.4 is 15.5 Å². The van der Waals surface area contributed by atoms with Gasteiger partial charge in [-0.2, -0.15) is 10.4 Å². The standard InChI is InChI=1S/C30H27N7O2/c1-35-27(12-13-32-35)30(39)33-21-10-11-26(20(18-21)19-31)36-14-16-37(17-15-36)28-22-6-2-3-7-23(22)29(38)34-25-9-5-4-8-24(25)28/h2-13,18,28H,14-17H2,1H3,(H,33,39)(H,34,38). The first-order valence-electron chi connectivity index (χ1n) is 12.8. The minimum absolute atomic E-state index is 0.0569. The predicted octanol–water partition coefficient (Wildman–Crippen LogP) is 4.02. The van der Waals surface area contributed by atoms with Crippen molar-refractivity contribution in [2.75, 3.05) is 41.7 Å². The molecule has 0 bridgehead atoms. The number of nitrogens with zero attached hydrogens (tertiary/aromatic N) is 5. The zero-order valence-corrected chi connectivity index (χ0v) is 21.5. The second kappa shape index (κ2) is 10.1. The number of para-hydroxylation sites is 1. The second-order valence-electron chi connectivity index (χ2n) is 9.69. The number of nitriles is 1. The molecule has 1 aromatic heterocycles. The Labute approximate surface area is 226 Å². The van der Waals surface area contributed by atoms with Crippen LogP contribution in [0.5, 0.6) is 0 Å². The van der Waals surface area contributed by atoms with E-state index in [0.29, 0.717) is 22.5 Å². The number of fused-ring (bicyclic) bond motifs is 2. The lowest BCUT2D eigenvalue weighted by atomic mass is 9.93. The van der Waals surface area contributed by atoms with Gasteiger partial charge in [-0.1, -0.05) is 36.4 Å². The molecule has 0 saturated carbocycles. The van der Waals surface area contributed by atoms with Crippen LogP contribution in [0.2, 0.25) is 0 Å². The first-order chi connectivity index (χ1) is 19.0. The number of piperazine rings is 1. The Morgan fingerprint density at radius 3 is 2.49 bits per heavy atom. The van der Waals surface area contributed by atoms with Gasteiger partial charge in [0, 0.05) is 56.4 Å². The molecule has 3 heterocycles. The molecule has 1 fully saturated rings. The van der Waals surface area contributed by atoms with Gasteiger partial charge in [-0.05, 0) is 47.5 Å². The number of carbonyl (C=O) groups is 2. The molecular formula is C30H27N7O2. The van der Waals surface area contributed by atoms with Crippen molar-refractivity contribution in [3.05, 3.63) is 107 Å². The molecule has 2 aliphatic rings.